The Balaban J connectivity index is 1.67. The number of likely N-dealkylation sites (N-methyl/N-ethyl adjacent to an activating group) is 1. The van der Waals surface area contributed by atoms with Gasteiger partial charge in [0.2, 0.25) is 11.7 Å². The SMILES string of the molecule is CN(C)Cc1cccc(-c2ccc(O)c3c2C[C@@H]2C[C@@H]4[C@@H](N(C)C)C(O)C(C(N)=O)C(=O)[C@]4(O)C(=O)C2=C3O)c1. The van der Waals surface area contributed by atoms with Crippen LogP contribution >= 0.6 is 0 Å². The van der Waals surface area contributed by atoms with Gasteiger partial charge in [-0.25, -0.2) is 0 Å². The Morgan fingerprint density at radius 2 is 1.80 bits per heavy atom. The summed E-state index contributed by atoms with van der Waals surface area (Å²) in [7, 11) is 7.20. The van der Waals surface area contributed by atoms with Crippen LogP contribution in [0.5, 0.6) is 5.75 Å². The summed E-state index contributed by atoms with van der Waals surface area (Å²) in [4.78, 5) is 43.2. The first-order valence-corrected chi connectivity index (χ1v) is 13.3. The van der Waals surface area contributed by atoms with E-state index < -0.39 is 58.7 Å². The summed E-state index contributed by atoms with van der Waals surface area (Å²) < 4.78 is 0. The molecule has 0 aromatic heterocycles. The van der Waals surface area contributed by atoms with Gasteiger partial charge >= 0.3 is 0 Å². The van der Waals surface area contributed by atoms with Gasteiger partial charge in [-0.1, -0.05) is 24.3 Å². The number of rotatable bonds is 5. The highest BCUT2D eigenvalue weighted by molar-refractivity contribution is 6.25. The lowest BCUT2D eigenvalue weighted by Crippen LogP contribution is -2.73. The van der Waals surface area contributed by atoms with Gasteiger partial charge in [0.1, 0.15) is 17.4 Å². The molecule has 0 spiro atoms. The summed E-state index contributed by atoms with van der Waals surface area (Å²) in [6, 6.07) is 10.2. The fraction of sp³-hybridized carbons (Fsp3) is 0.433. The number of ketones is 2. The molecule has 0 radical (unpaired) electrons. The van der Waals surface area contributed by atoms with Gasteiger partial charge < -0.3 is 36.0 Å². The quantitative estimate of drug-likeness (QED) is 0.340. The van der Waals surface area contributed by atoms with Crippen LogP contribution in [0.2, 0.25) is 0 Å². The summed E-state index contributed by atoms with van der Waals surface area (Å²) in [6.07, 6.45) is -1.20. The molecule has 2 saturated carbocycles. The molecule has 2 aromatic rings. The first-order valence-electron chi connectivity index (χ1n) is 13.3. The molecule has 3 aliphatic carbocycles. The Hall–Kier alpha value is -3.57. The fourth-order valence-corrected chi connectivity index (χ4v) is 7.08. The molecule has 0 heterocycles. The number of benzene rings is 2. The highest BCUT2D eigenvalue weighted by Gasteiger charge is 2.67. The maximum Gasteiger partial charge on any atom is 0.230 e. The number of nitrogens with two attached hydrogens (primary N) is 1. The number of carbonyl (C=O) groups is 3. The summed E-state index contributed by atoms with van der Waals surface area (Å²) in [5.41, 5.74) is 6.06. The zero-order valence-corrected chi connectivity index (χ0v) is 23.0. The average molecular weight is 550 g/mol. The molecule has 1 amide bonds. The molecular weight excluding hydrogens is 514 g/mol. The minimum absolute atomic E-state index is 0.0773. The Morgan fingerprint density at radius 1 is 1.10 bits per heavy atom. The minimum atomic E-state index is -2.67. The van der Waals surface area contributed by atoms with Crippen LogP contribution < -0.4 is 5.73 Å². The molecule has 0 aliphatic heterocycles. The first-order chi connectivity index (χ1) is 18.8. The summed E-state index contributed by atoms with van der Waals surface area (Å²) in [5, 5.41) is 45.0. The molecule has 10 nitrogen and oxygen atoms in total. The topological polar surface area (TPSA) is 165 Å². The molecule has 40 heavy (non-hydrogen) atoms. The number of nitrogens with zero attached hydrogens (tertiary/aromatic N) is 2. The van der Waals surface area contributed by atoms with E-state index in [1.807, 2.05) is 43.3 Å². The number of hydrogen-bond acceptors (Lipinski definition) is 9. The highest BCUT2D eigenvalue weighted by atomic mass is 16.3. The van der Waals surface area contributed by atoms with Gasteiger partial charge in [0, 0.05) is 24.1 Å². The van der Waals surface area contributed by atoms with Crippen molar-refractivity contribution in [3.63, 3.8) is 0 Å². The second-order valence-electron chi connectivity index (χ2n) is 11.7. The van der Waals surface area contributed by atoms with Crippen LogP contribution in [0.25, 0.3) is 16.9 Å². The molecule has 2 fully saturated rings. The van der Waals surface area contributed by atoms with E-state index in [0.717, 1.165) is 23.2 Å². The van der Waals surface area contributed by atoms with Gasteiger partial charge in [-0.2, -0.15) is 0 Å². The van der Waals surface area contributed by atoms with Gasteiger partial charge in [0.25, 0.3) is 0 Å². The minimum Gasteiger partial charge on any atom is -0.507 e. The fourth-order valence-electron chi connectivity index (χ4n) is 7.08. The van der Waals surface area contributed by atoms with Crippen LogP contribution in [-0.4, -0.2) is 93.6 Å². The number of primary amides is 1. The molecule has 0 bridgehead atoms. The zero-order chi connectivity index (χ0) is 29.3. The Labute approximate surface area is 232 Å². The summed E-state index contributed by atoms with van der Waals surface area (Å²) >= 11 is 0. The molecular formula is C30H35N3O7. The van der Waals surface area contributed by atoms with Crippen molar-refractivity contribution in [2.45, 2.75) is 37.1 Å². The standard InChI is InChI=1S/C30H35N3O7/c1-32(2)13-14-6-5-7-15(10-14)17-8-9-20(34)22-18(17)11-16-12-19-24(33(3)4)26(36)23(29(31)39)28(38)30(19,40)27(37)21(16)25(22)35/h5-10,16,19,23-24,26,34-36,40H,11-13H2,1-4H3,(H2,31,39)/t16-,19-,23?,24-,26?,30-/m1/s1. The van der Waals surface area contributed by atoms with Gasteiger partial charge in [-0.05, 0) is 81.3 Å². The van der Waals surface area contributed by atoms with Crippen molar-refractivity contribution in [3.05, 3.63) is 58.7 Å². The lowest BCUT2D eigenvalue weighted by Gasteiger charge is -2.53. The lowest BCUT2D eigenvalue weighted by atomic mass is 9.54. The Morgan fingerprint density at radius 3 is 2.42 bits per heavy atom. The number of aromatic hydroxyl groups is 1. The van der Waals surface area contributed by atoms with Crippen molar-refractivity contribution in [1.82, 2.24) is 9.80 Å². The third-order valence-corrected chi connectivity index (χ3v) is 8.71. The molecule has 6 N–H and O–H groups in total. The van der Waals surface area contributed by atoms with Crippen molar-refractivity contribution >= 4 is 23.2 Å². The van der Waals surface area contributed by atoms with Crippen LogP contribution in [0.3, 0.4) is 0 Å². The molecule has 6 atom stereocenters. The molecule has 2 aromatic carbocycles. The summed E-state index contributed by atoms with van der Waals surface area (Å²) in [6.45, 7) is 0.718. The molecule has 5 rings (SSSR count). The number of phenols is 1. The maximum absolute atomic E-state index is 14.0. The number of hydrogen-bond donors (Lipinski definition) is 5. The number of amides is 1. The normalized spacial score (nSPS) is 29.9. The van der Waals surface area contributed by atoms with Crippen LogP contribution in [0, 0.1) is 17.8 Å². The van der Waals surface area contributed by atoms with Crippen molar-refractivity contribution in [2.75, 3.05) is 28.2 Å². The van der Waals surface area contributed by atoms with Gasteiger partial charge in [0.15, 0.2) is 11.4 Å². The number of phenolic OH excluding ortho intramolecular Hbond substituents is 1. The van der Waals surface area contributed by atoms with Crippen LogP contribution in [0.1, 0.15) is 23.1 Å². The number of aliphatic hydroxyl groups is 3. The van der Waals surface area contributed by atoms with E-state index in [-0.39, 0.29) is 29.7 Å². The van der Waals surface area contributed by atoms with Gasteiger partial charge in [-0.3, -0.25) is 14.4 Å². The monoisotopic (exact) mass is 549 g/mol. The number of aliphatic hydroxyl groups excluding tert-OH is 2. The largest absolute Gasteiger partial charge is 0.507 e. The predicted octanol–water partition coefficient (Wildman–Crippen LogP) is 0.858. The third kappa shape index (κ3) is 4.05. The van der Waals surface area contributed by atoms with Crippen molar-refractivity contribution in [2.24, 2.45) is 23.5 Å². The van der Waals surface area contributed by atoms with Crippen LogP contribution in [-0.2, 0) is 27.3 Å². The molecule has 3 aliphatic rings. The first kappa shape index (κ1) is 28.0. The van der Waals surface area contributed by atoms with E-state index in [2.05, 4.69) is 0 Å². The Kier molecular flexibility index (Phi) is 6.86. The molecule has 212 valence electrons. The van der Waals surface area contributed by atoms with E-state index in [4.69, 9.17) is 5.73 Å². The number of Topliss-reactive ketones (excluding diaryl/α,β-unsaturated/α-hetero) is 2. The molecule has 10 heteroatoms. The summed E-state index contributed by atoms with van der Waals surface area (Å²) in [5.74, 6) is -7.52. The van der Waals surface area contributed by atoms with E-state index in [9.17, 15) is 34.8 Å². The zero-order valence-electron chi connectivity index (χ0n) is 23.0. The van der Waals surface area contributed by atoms with E-state index >= 15 is 0 Å². The average Bonchev–Trinajstić information content (AvgIpc) is 2.85. The number of fused-ring (bicyclic) bond motifs is 3. The van der Waals surface area contributed by atoms with E-state index in [1.54, 1.807) is 25.1 Å². The Bertz CT molecular complexity index is 1450. The maximum atomic E-state index is 14.0. The van der Waals surface area contributed by atoms with Crippen LogP contribution in [0.15, 0.2) is 42.0 Å². The third-order valence-electron chi connectivity index (χ3n) is 8.71. The molecule has 0 saturated heterocycles. The van der Waals surface area contributed by atoms with Gasteiger partial charge in [0.05, 0.1) is 11.7 Å². The smallest absolute Gasteiger partial charge is 0.230 e. The highest BCUT2D eigenvalue weighted by Crippen LogP contribution is 2.53. The van der Waals surface area contributed by atoms with E-state index in [1.165, 1.54) is 6.07 Å². The lowest BCUT2D eigenvalue weighted by molar-refractivity contribution is -0.184. The second kappa shape index (κ2) is 9.81. The molecule has 2 unspecified atom stereocenters. The van der Waals surface area contributed by atoms with E-state index in [0.29, 0.717) is 5.56 Å². The second-order valence-corrected chi connectivity index (χ2v) is 11.7. The van der Waals surface area contributed by atoms with Gasteiger partial charge in [-0.15, -0.1) is 0 Å². The van der Waals surface area contributed by atoms with Crippen molar-refractivity contribution in [1.29, 1.82) is 0 Å². The van der Waals surface area contributed by atoms with Crippen molar-refractivity contribution in [3.8, 4) is 16.9 Å². The van der Waals surface area contributed by atoms with Crippen molar-refractivity contribution < 1.29 is 34.8 Å². The number of carbonyl (C=O) groups excluding carboxylic acids is 3. The van der Waals surface area contributed by atoms with Crippen LogP contribution in [0.4, 0.5) is 0 Å². The predicted molar refractivity (Wildman–Crippen MR) is 147 cm³/mol.